The number of benzene rings is 1. The third-order valence-corrected chi connectivity index (χ3v) is 5.11. The number of fused-ring (bicyclic) bond motifs is 1. The highest BCUT2D eigenvalue weighted by molar-refractivity contribution is 5.65. The maximum atomic E-state index is 13.2. The van der Waals surface area contributed by atoms with E-state index in [1.54, 1.807) is 6.20 Å². The number of anilines is 6. The fourth-order valence-electron chi connectivity index (χ4n) is 3.51. The number of imidazole rings is 1. The topological polar surface area (TPSA) is 119 Å². The smallest absolute Gasteiger partial charge is 0.399 e. The lowest BCUT2D eigenvalue weighted by molar-refractivity contribution is -0.137. The SMILES string of the molecule is Nc1cc(Nc2nc(Nc3ccn4ccnc4c3)nc(N3CCOCC3)n2)cc(C(F)(F)F)c1. The molecule has 4 heterocycles. The number of alkyl halides is 3. The molecule has 1 aliphatic rings. The number of nitrogens with one attached hydrogen (secondary N) is 2. The molecular formula is C21H20F3N9O. The van der Waals surface area contributed by atoms with Crippen molar-refractivity contribution in [2.24, 2.45) is 0 Å². The maximum absolute atomic E-state index is 13.2. The summed E-state index contributed by atoms with van der Waals surface area (Å²) in [6.07, 6.45) is 0.796. The average Bonchev–Trinajstić information content (AvgIpc) is 3.26. The average molecular weight is 471 g/mol. The molecule has 1 aliphatic heterocycles. The van der Waals surface area contributed by atoms with Crippen molar-refractivity contribution >= 4 is 40.6 Å². The molecule has 0 amide bonds. The summed E-state index contributed by atoms with van der Waals surface area (Å²) in [5.74, 6) is 0.652. The molecule has 0 aliphatic carbocycles. The normalized spacial score (nSPS) is 14.4. The standard InChI is InChI=1S/C21H20F3N9O/c22-21(23,24)13-9-14(25)11-16(10-13)28-19-29-18(30-20(31-19)33-5-7-34-8-6-33)27-15-1-3-32-4-2-26-17(32)12-15/h1-4,9-12H,5-8,25H2,(H2,27,28,29,30,31). The number of aromatic nitrogens is 5. The Hall–Kier alpha value is -4.13. The molecule has 0 bridgehead atoms. The molecule has 4 aromatic rings. The van der Waals surface area contributed by atoms with Crippen molar-refractivity contribution < 1.29 is 17.9 Å². The first-order valence-corrected chi connectivity index (χ1v) is 10.4. The van der Waals surface area contributed by atoms with Crippen LogP contribution in [0.2, 0.25) is 0 Å². The highest BCUT2D eigenvalue weighted by Gasteiger charge is 2.31. The van der Waals surface area contributed by atoms with Gasteiger partial charge in [-0.3, -0.25) is 0 Å². The molecule has 1 saturated heterocycles. The predicted octanol–water partition coefficient (Wildman–Crippen LogP) is 3.44. The highest BCUT2D eigenvalue weighted by atomic mass is 19.4. The zero-order valence-electron chi connectivity index (χ0n) is 17.8. The van der Waals surface area contributed by atoms with Crippen molar-refractivity contribution in [2.75, 3.05) is 47.6 Å². The molecule has 0 atom stereocenters. The fraction of sp³-hybridized carbons (Fsp3) is 0.238. The van der Waals surface area contributed by atoms with Crippen molar-refractivity contribution in [1.29, 1.82) is 0 Å². The van der Waals surface area contributed by atoms with E-state index in [9.17, 15) is 13.2 Å². The second-order valence-corrected chi connectivity index (χ2v) is 7.58. The number of halogens is 3. The van der Waals surface area contributed by atoms with Crippen molar-refractivity contribution in [3.8, 4) is 0 Å². The van der Waals surface area contributed by atoms with Crippen molar-refractivity contribution in [3.05, 3.63) is 54.5 Å². The molecule has 0 unspecified atom stereocenters. The minimum Gasteiger partial charge on any atom is -0.399 e. The van der Waals surface area contributed by atoms with E-state index in [2.05, 4.69) is 30.6 Å². The molecule has 0 spiro atoms. The highest BCUT2D eigenvalue weighted by Crippen LogP contribution is 2.33. The zero-order valence-corrected chi connectivity index (χ0v) is 17.8. The minimum absolute atomic E-state index is 0.0360. The van der Waals surface area contributed by atoms with Gasteiger partial charge in [-0.1, -0.05) is 0 Å². The number of hydrogen-bond donors (Lipinski definition) is 3. The Bertz CT molecular complexity index is 1320. The number of nitrogens with two attached hydrogens (primary N) is 1. The van der Waals surface area contributed by atoms with E-state index in [4.69, 9.17) is 10.5 Å². The second-order valence-electron chi connectivity index (χ2n) is 7.58. The largest absolute Gasteiger partial charge is 0.416 e. The first-order valence-electron chi connectivity index (χ1n) is 10.4. The molecule has 1 fully saturated rings. The number of pyridine rings is 1. The van der Waals surface area contributed by atoms with Crippen LogP contribution >= 0.6 is 0 Å². The Morgan fingerprint density at radius 3 is 2.38 bits per heavy atom. The first kappa shape index (κ1) is 21.7. The number of nitrogen functional groups attached to an aromatic ring is 1. The quantitative estimate of drug-likeness (QED) is 0.376. The lowest BCUT2D eigenvalue weighted by Gasteiger charge is -2.27. The van der Waals surface area contributed by atoms with Crippen LogP contribution in [0.25, 0.3) is 5.65 Å². The molecule has 34 heavy (non-hydrogen) atoms. The van der Waals surface area contributed by atoms with Gasteiger partial charge in [-0.15, -0.1) is 0 Å². The third kappa shape index (κ3) is 4.78. The van der Waals surface area contributed by atoms with E-state index < -0.39 is 11.7 Å². The Balaban J connectivity index is 1.49. The summed E-state index contributed by atoms with van der Waals surface area (Å²) in [6.45, 7) is 2.16. The van der Waals surface area contributed by atoms with Gasteiger partial charge in [0.25, 0.3) is 0 Å². The van der Waals surface area contributed by atoms with Gasteiger partial charge in [0.05, 0.1) is 18.8 Å². The van der Waals surface area contributed by atoms with Gasteiger partial charge in [0.2, 0.25) is 17.8 Å². The van der Waals surface area contributed by atoms with Crippen LogP contribution in [-0.2, 0) is 10.9 Å². The van der Waals surface area contributed by atoms with Crippen LogP contribution in [-0.4, -0.2) is 50.6 Å². The first-order chi connectivity index (χ1) is 16.3. The van der Waals surface area contributed by atoms with E-state index in [1.807, 2.05) is 33.8 Å². The Kier molecular flexibility index (Phi) is 5.53. The monoisotopic (exact) mass is 471 g/mol. The van der Waals surface area contributed by atoms with E-state index in [-0.39, 0.29) is 23.3 Å². The Morgan fingerprint density at radius 2 is 1.65 bits per heavy atom. The summed E-state index contributed by atoms with van der Waals surface area (Å²) in [5, 5.41) is 5.95. The maximum Gasteiger partial charge on any atom is 0.416 e. The third-order valence-electron chi connectivity index (χ3n) is 5.11. The summed E-state index contributed by atoms with van der Waals surface area (Å²) in [4.78, 5) is 19.4. The lowest BCUT2D eigenvalue weighted by Crippen LogP contribution is -2.37. The molecule has 13 heteroatoms. The summed E-state index contributed by atoms with van der Waals surface area (Å²) in [6, 6.07) is 6.85. The van der Waals surface area contributed by atoms with Gasteiger partial charge in [-0.05, 0) is 24.3 Å². The number of ether oxygens (including phenoxy) is 1. The van der Waals surface area contributed by atoms with Gasteiger partial charge >= 0.3 is 6.18 Å². The van der Waals surface area contributed by atoms with Crippen molar-refractivity contribution in [1.82, 2.24) is 24.3 Å². The van der Waals surface area contributed by atoms with Crippen LogP contribution in [0.4, 0.5) is 48.1 Å². The molecule has 3 aromatic heterocycles. The summed E-state index contributed by atoms with van der Waals surface area (Å²) in [7, 11) is 0. The molecule has 0 radical (unpaired) electrons. The van der Waals surface area contributed by atoms with Gasteiger partial charge in [0.15, 0.2) is 0 Å². The molecular weight excluding hydrogens is 451 g/mol. The molecule has 10 nitrogen and oxygen atoms in total. The van der Waals surface area contributed by atoms with Gasteiger partial charge < -0.3 is 30.4 Å². The molecule has 1 aromatic carbocycles. The van der Waals surface area contributed by atoms with Crippen LogP contribution in [0.1, 0.15) is 5.56 Å². The van der Waals surface area contributed by atoms with Gasteiger partial charge in [-0.2, -0.15) is 28.1 Å². The van der Waals surface area contributed by atoms with Crippen LogP contribution in [0.5, 0.6) is 0 Å². The van der Waals surface area contributed by atoms with Gasteiger partial charge in [-0.25, -0.2) is 4.98 Å². The predicted molar refractivity (Wildman–Crippen MR) is 120 cm³/mol. The Morgan fingerprint density at radius 1 is 0.912 bits per heavy atom. The van der Waals surface area contributed by atoms with Crippen LogP contribution in [0, 0.1) is 0 Å². The fourth-order valence-corrected chi connectivity index (χ4v) is 3.51. The molecule has 5 rings (SSSR count). The number of hydrogen-bond acceptors (Lipinski definition) is 9. The number of nitrogens with zero attached hydrogens (tertiary/aromatic N) is 6. The van der Waals surface area contributed by atoms with Gasteiger partial charge in [0.1, 0.15) is 5.65 Å². The Labute approximate surface area is 191 Å². The van der Waals surface area contributed by atoms with Crippen LogP contribution in [0.15, 0.2) is 48.9 Å². The van der Waals surface area contributed by atoms with Crippen LogP contribution < -0.4 is 21.3 Å². The number of rotatable bonds is 5. The zero-order chi connectivity index (χ0) is 23.7. The van der Waals surface area contributed by atoms with E-state index in [1.165, 1.54) is 6.07 Å². The van der Waals surface area contributed by atoms with Crippen LogP contribution in [0.3, 0.4) is 0 Å². The van der Waals surface area contributed by atoms with E-state index in [0.29, 0.717) is 37.9 Å². The molecule has 0 saturated carbocycles. The second kappa shape index (κ2) is 8.67. The van der Waals surface area contributed by atoms with E-state index >= 15 is 0 Å². The van der Waals surface area contributed by atoms with Crippen molar-refractivity contribution in [2.45, 2.75) is 6.18 Å². The summed E-state index contributed by atoms with van der Waals surface area (Å²) < 4.78 is 46.9. The molecule has 4 N–H and O–H groups in total. The van der Waals surface area contributed by atoms with Gasteiger partial charge in [0, 0.05) is 54.8 Å². The number of morpholine rings is 1. The molecule has 176 valence electrons. The van der Waals surface area contributed by atoms with Crippen molar-refractivity contribution in [3.63, 3.8) is 0 Å². The summed E-state index contributed by atoms with van der Waals surface area (Å²) >= 11 is 0. The lowest BCUT2D eigenvalue weighted by atomic mass is 10.1. The van der Waals surface area contributed by atoms with E-state index in [0.717, 1.165) is 17.8 Å². The minimum atomic E-state index is -4.54. The summed E-state index contributed by atoms with van der Waals surface area (Å²) in [5.41, 5.74) is 6.30.